The Hall–Kier alpha value is -3.32. The maximum atomic E-state index is 12.8. The Morgan fingerprint density at radius 3 is 2.57 bits per heavy atom. The van der Waals surface area contributed by atoms with E-state index in [9.17, 15) is 19.3 Å². The number of non-ortho nitro benzene ring substituents is 1. The predicted molar refractivity (Wildman–Crippen MR) is 106 cm³/mol. The average molecular weight is 382 g/mol. The van der Waals surface area contributed by atoms with E-state index in [1.54, 1.807) is 35.3 Å². The van der Waals surface area contributed by atoms with E-state index in [1.807, 2.05) is 24.3 Å². The normalized spacial score (nSPS) is 14.8. The van der Waals surface area contributed by atoms with Crippen LogP contribution in [0.25, 0.3) is 11.6 Å². The molecule has 1 aliphatic rings. The van der Waals surface area contributed by atoms with Crippen molar-refractivity contribution < 1.29 is 18.8 Å². The molecule has 0 fully saturated rings. The van der Waals surface area contributed by atoms with E-state index < -0.39 is 11.6 Å². The summed E-state index contributed by atoms with van der Waals surface area (Å²) < 4.78 is 17.3. The first-order valence-electron chi connectivity index (χ1n) is 8.79. The zero-order chi connectivity index (χ0) is 19.9. The molecule has 0 unspecified atom stereocenters. The second-order valence-corrected chi connectivity index (χ2v) is 6.06. The topological polar surface area (TPSA) is 72.7 Å². The van der Waals surface area contributed by atoms with Gasteiger partial charge in [0, 0.05) is 29.8 Å². The summed E-state index contributed by atoms with van der Waals surface area (Å²) in [5.41, 5.74) is 3.00. The van der Waals surface area contributed by atoms with E-state index in [4.69, 9.17) is 4.74 Å². The van der Waals surface area contributed by atoms with Crippen LogP contribution in [0.5, 0.6) is 0 Å². The Balaban J connectivity index is 1.77. The van der Waals surface area contributed by atoms with Crippen LogP contribution < -0.4 is 4.90 Å². The van der Waals surface area contributed by atoms with E-state index in [1.165, 1.54) is 12.1 Å². The highest BCUT2D eigenvalue weighted by atomic mass is 19.1. The second kappa shape index (κ2) is 9.05. The number of ether oxygens (including phenoxy) is 1. The van der Waals surface area contributed by atoms with E-state index in [0.717, 1.165) is 16.8 Å². The molecule has 0 radical (unpaired) electrons. The molecule has 1 heterocycles. The smallest absolute Gasteiger partial charge is 0.269 e. The van der Waals surface area contributed by atoms with E-state index in [0.29, 0.717) is 12.1 Å². The third-order valence-electron chi connectivity index (χ3n) is 4.30. The maximum Gasteiger partial charge on any atom is 0.269 e. The number of hydrogen-bond acceptors (Lipinski definition) is 4. The number of rotatable bonds is 8. The van der Waals surface area contributed by atoms with Crippen LogP contribution in [0.15, 0.2) is 60.7 Å². The highest BCUT2D eigenvalue weighted by Crippen LogP contribution is 2.36. The van der Waals surface area contributed by atoms with Crippen molar-refractivity contribution in [3.05, 3.63) is 81.9 Å². The summed E-state index contributed by atoms with van der Waals surface area (Å²) in [6.07, 6.45) is 5.25. The summed E-state index contributed by atoms with van der Waals surface area (Å²) >= 11 is 0. The second-order valence-electron chi connectivity index (χ2n) is 6.06. The number of para-hydroxylation sites is 1. The lowest BCUT2D eigenvalue weighted by Gasteiger charge is -2.16. The van der Waals surface area contributed by atoms with Gasteiger partial charge in [0.05, 0.1) is 23.8 Å². The van der Waals surface area contributed by atoms with Crippen molar-refractivity contribution in [3.63, 3.8) is 0 Å². The lowest BCUT2D eigenvalue weighted by atomic mass is 10.1. The highest BCUT2D eigenvalue weighted by Gasteiger charge is 2.31. The number of carbonyl (C=O) groups is 1. The minimum absolute atomic E-state index is 0.0182. The molecule has 144 valence electrons. The first kappa shape index (κ1) is 19.4. The summed E-state index contributed by atoms with van der Waals surface area (Å²) in [5.74, 6) is -0.140. The number of benzene rings is 2. The van der Waals surface area contributed by atoms with Gasteiger partial charge >= 0.3 is 0 Å². The van der Waals surface area contributed by atoms with Gasteiger partial charge in [0.2, 0.25) is 0 Å². The monoisotopic (exact) mass is 382 g/mol. The van der Waals surface area contributed by atoms with Crippen molar-refractivity contribution >= 4 is 28.9 Å². The highest BCUT2D eigenvalue weighted by molar-refractivity contribution is 6.32. The zero-order valence-electron chi connectivity index (χ0n) is 15.1. The lowest BCUT2D eigenvalue weighted by molar-refractivity contribution is -0.384. The third kappa shape index (κ3) is 4.32. The number of halogens is 1. The molecule has 6 nitrogen and oxygen atoms in total. The van der Waals surface area contributed by atoms with E-state index in [-0.39, 0.29) is 24.8 Å². The van der Waals surface area contributed by atoms with Crippen LogP contribution in [0.4, 0.5) is 15.8 Å². The van der Waals surface area contributed by atoms with Crippen LogP contribution in [0.2, 0.25) is 0 Å². The van der Waals surface area contributed by atoms with Gasteiger partial charge in [0.1, 0.15) is 6.67 Å². The van der Waals surface area contributed by atoms with Crippen molar-refractivity contribution in [1.82, 2.24) is 0 Å². The van der Waals surface area contributed by atoms with Gasteiger partial charge in [0.15, 0.2) is 0 Å². The van der Waals surface area contributed by atoms with Crippen LogP contribution in [0.1, 0.15) is 11.1 Å². The van der Waals surface area contributed by atoms with Gasteiger partial charge in [-0.05, 0) is 29.8 Å². The van der Waals surface area contributed by atoms with Crippen molar-refractivity contribution in [2.75, 3.05) is 31.3 Å². The molecule has 0 bridgehead atoms. The van der Waals surface area contributed by atoms with Crippen molar-refractivity contribution in [1.29, 1.82) is 0 Å². The van der Waals surface area contributed by atoms with Gasteiger partial charge in [-0.3, -0.25) is 14.9 Å². The number of hydrogen-bond donors (Lipinski definition) is 0. The number of allylic oxidation sites excluding steroid dienone is 2. The summed E-state index contributed by atoms with van der Waals surface area (Å²) in [5, 5.41) is 10.7. The third-order valence-corrected chi connectivity index (χ3v) is 4.30. The largest absolute Gasteiger partial charge is 0.377 e. The quantitative estimate of drug-likeness (QED) is 0.299. The van der Waals surface area contributed by atoms with Crippen LogP contribution >= 0.6 is 0 Å². The SMILES string of the molecule is O=C1/C(=C\C=C\c2ccc([N+](=O)[O-])cc2)c2ccccc2N1CCOCCF. The first-order valence-corrected chi connectivity index (χ1v) is 8.79. The molecule has 0 aliphatic carbocycles. The standard InChI is InChI=1S/C21H19FN2O4/c22-12-14-28-15-13-23-20-7-2-1-5-18(20)19(21(23)25)6-3-4-16-8-10-17(11-9-16)24(26)27/h1-11H,12-15H2/b4-3+,19-6-. The number of alkyl halides is 1. The van der Waals surface area contributed by atoms with Crippen molar-refractivity contribution in [2.45, 2.75) is 0 Å². The zero-order valence-corrected chi connectivity index (χ0v) is 15.1. The molecular weight excluding hydrogens is 363 g/mol. The molecular formula is C21H19FN2O4. The minimum Gasteiger partial charge on any atom is -0.377 e. The molecule has 3 rings (SSSR count). The molecule has 0 saturated carbocycles. The van der Waals surface area contributed by atoms with E-state index in [2.05, 4.69) is 0 Å². The minimum atomic E-state index is -0.552. The fraction of sp³-hybridized carbons (Fsp3) is 0.190. The molecule has 1 amide bonds. The van der Waals surface area contributed by atoms with Gasteiger partial charge in [0.25, 0.3) is 11.6 Å². The average Bonchev–Trinajstić information content (AvgIpc) is 2.97. The lowest BCUT2D eigenvalue weighted by Crippen LogP contribution is -2.30. The van der Waals surface area contributed by atoms with Crippen LogP contribution in [-0.4, -0.2) is 37.3 Å². The Morgan fingerprint density at radius 1 is 1.11 bits per heavy atom. The molecule has 0 N–H and O–H groups in total. The summed E-state index contributed by atoms with van der Waals surface area (Å²) in [4.78, 5) is 24.7. The molecule has 28 heavy (non-hydrogen) atoms. The van der Waals surface area contributed by atoms with Gasteiger partial charge in [-0.25, -0.2) is 4.39 Å². The number of nitro groups is 1. The first-order chi connectivity index (χ1) is 13.6. The molecule has 0 aromatic heterocycles. The predicted octanol–water partition coefficient (Wildman–Crippen LogP) is 4.02. The van der Waals surface area contributed by atoms with Crippen molar-refractivity contribution in [2.24, 2.45) is 0 Å². The molecule has 2 aromatic rings. The van der Waals surface area contributed by atoms with Crippen LogP contribution in [0, 0.1) is 10.1 Å². The Labute approximate surface area is 161 Å². The van der Waals surface area contributed by atoms with Crippen LogP contribution in [0.3, 0.4) is 0 Å². The van der Waals surface area contributed by atoms with Gasteiger partial charge in [-0.15, -0.1) is 0 Å². The number of nitrogens with zero attached hydrogens (tertiary/aromatic N) is 2. The molecule has 1 aliphatic heterocycles. The Bertz CT molecular complexity index is 922. The van der Waals surface area contributed by atoms with Gasteiger partial charge in [-0.2, -0.15) is 0 Å². The summed E-state index contributed by atoms with van der Waals surface area (Å²) in [6, 6.07) is 13.6. The van der Waals surface area contributed by atoms with Gasteiger partial charge in [-0.1, -0.05) is 30.4 Å². The number of fused-ring (bicyclic) bond motifs is 1. The van der Waals surface area contributed by atoms with Crippen LogP contribution in [-0.2, 0) is 9.53 Å². The fourth-order valence-electron chi connectivity index (χ4n) is 2.96. The number of carbonyl (C=O) groups excluding carboxylic acids is 1. The van der Waals surface area contributed by atoms with Gasteiger partial charge < -0.3 is 9.64 Å². The van der Waals surface area contributed by atoms with Crippen molar-refractivity contribution in [3.8, 4) is 0 Å². The number of anilines is 1. The molecule has 7 heteroatoms. The summed E-state index contributed by atoms with van der Waals surface area (Å²) in [6.45, 7) is 0.0721. The molecule has 0 atom stereocenters. The Morgan fingerprint density at radius 2 is 1.86 bits per heavy atom. The summed E-state index contributed by atoms with van der Waals surface area (Å²) in [7, 11) is 0. The fourth-order valence-corrected chi connectivity index (χ4v) is 2.96. The van der Waals surface area contributed by atoms with E-state index >= 15 is 0 Å². The Kier molecular flexibility index (Phi) is 6.29. The molecule has 0 spiro atoms. The molecule has 2 aromatic carbocycles. The number of nitro benzene ring substituents is 1. The number of amides is 1. The molecule has 0 saturated heterocycles. The maximum absolute atomic E-state index is 12.8.